The summed E-state index contributed by atoms with van der Waals surface area (Å²) in [5.41, 5.74) is 5.90. The second-order valence-electron chi connectivity index (χ2n) is 10.9. The van der Waals surface area contributed by atoms with Gasteiger partial charge in [-0.15, -0.1) is 0 Å². The Morgan fingerprint density at radius 3 is 2.67 bits per heavy atom. The number of alkyl carbamates (subject to hydrolysis) is 1. The predicted molar refractivity (Wildman–Crippen MR) is 146 cm³/mol. The zero-order valence-corrected chi connectivity index (χ0v) is 22.0. The minimum absolute atomic E-state index is 0.0438. The smallest absolute Gasteiger partial charge is 0.407 e. The molecule has 1 atom stereocenters. The third-order valence-electron chi connectivity index (χ3n) is 6.93. The van der Waals surface area contributed by atoms with E-state index in [4.69, 9.17) is 10.00 Å². The Morgan fingerprint density at radius 1 is 1.13 bits per heavy atom. The van der Waals surface area contributed by atoms with Gasteiger partial charge >= 0.3 is 6.09 Å². The van der Waals surface area contributed by atoms with Gasteiger partial charge in [-0.25, -0.2) is 9.78 Å². The number of imidazole rings is 1. The number of hydrogen-bond donors (Lipinski definition) is 1. The van der Waals surface area contributed by atoms with Gasteiger partial charge in [0.15, 0.2) is 5.82 Å². The van der Waals surface area contributed by atoms with E-state index < -0.39 is 11.7 Å². The van der Waals surface area contributed by atoms with Crippen molar-refractivity contribution < 1.29 is 14.3 Å². The average molecular weight is 521 g/mol. The van der Waals surface area contributed by atoms with Crippen molar-refractivity contribution in [3.8, 4) is 34.4 Å². The maximum absolute atomic E-state index is 12.9. The summed E-state index contributed by atoms with van der Waals surface area (Å²) in [6.45, 7) is 6.40. The molecule has 0 saturated carbocycles. The van der Waals surface area contributed by atoms with E-state index in [1.165, 1.54) is 0 Å². The number of anilines is 1. The van der Waals surface area contributed by atoms with Crippen LogP contribution in [0.1, 0.15) is 38.3 Å². The Hall–Kier alpha value is -4.84. The summed E-state index contributed by atoms with van der Waals surface area (Å²) < 4.78 is 9.60. The van der Waals surface area contributed by atoms with Crippen LogP contribution in [0.5, 0.6) is 0 Å². The number of nitriles is 1. The Bertz CT molecular complexity index is 1630. The van der Waals surface area contributed by atoms with Crippen molar-refractivity contribution in [1.29, 1.82) is 5.26 Å². The maximum atomic E-state index is 12.9. The van der Waals surface area contributed by atoms with Gasteiger partial charge < -0.3 is 19.5 Å². The van der Waals surface area contributed by atoms with Crippen molar-refractivity contribution in [1.82, 2.24) is 19.4 Å². The van der Waals surface area contributed by atoms with Gasteiger partial charge in [-0.2, -0.15) is 5.26 Å². The Morgan fingerprint density at radius 2 is 1.92 bits per heavy atom. The molecule has 0 spiro atoms. The molecule has 0 bridgehead atoms. The van der Waals surface area contributed by atoms with Crippen molar-refractivity contribution in [2.45, 2.75) is 45.4 Å². The lowest BCUT2D eigenvalue weighted by Crippen LogP contribution is -2.40. The van der Waals surface area contributed by atoms with Crippen LogP contribution in [-0.4, -0.2) is 44.3 Å². The summed E-state index contributed by atoms with van der Waals surface area (Å²) in [4.78, 5) is 31.6. The first-order valence-corrected chi connectivity index (χ1v) is 12.9. The highest BCUT2D eigenvalue weighted by atomic mass is 16.6. The van der Waals surface area contributed by atoms with Crippen LogP contribution in [0, 0.1) is 11.3 Å². The largest absolute Gasteiger partial charge is 0.444 e. The molecular formula is C30H28N6O3. The number of nitrogens with zero attached hydrogens (tertiary/aromatic N) is 5. The third kappa shape index (κ3) is 4.66. The highest BCUT2D eigenvalue weighted by Crippen LogP contribution is 2.36. The normalized spacial score (nSPS) is 16.1. The molecule has 9 heteroatoms. The minimum Gasteiger partial charge on any atom is -0.444 e. The molecule has 2 amide bonds. The van der Waals surface area contributed by atoms with Gasteiger partial charge in [-0.1, -0.05) is 12.1 Å². The highest BCUT2D eigenvalue weighted by molar-refractivity contribution is 5.97. The number of hydrogen-bond acceptors (Lipinski definition) is 5. The average Bonchev–Trinajstić information content (AvgIpc) is 3.60. The minimum atomic E-state index is -0.604. The molecular weight excluding hydrogens is 492 g/mol. The van der Waals surface area contributed by atoms with E-state index in [-0.39, 0.29) is 18.4 Å². The molecule has 1 saturated heterocycles. The summed E-state index contributed by atoms with van der Waals surface area (Å²) in [7, 11) is 0. The molecule has 39 heavy (non-hydrogen) atoms. The van der Waals surface area contributed by atoms with Crippen LogP contribution in [-0.2, 0) is 16.1 Å². The topological polar surface area (TPSA) is 105 Å². The van der Waals surface area contributed by atoms with E-state index in [9.17, 15) is 9.59 Å². The molecule has 0 radical (unpaired) electrons. The van der Waals surface area contributed by atoms with E-state index in [1.807, 2.05) is 69.4 Å². The monoisotopic (exact) mass is 520 g/mol. The Labute approximate surface area is 226 Å². The number of rotatable bonds is 3. The van der Waals surface area contributed by atoms with Gasteiger partial charge in [0.05, 0.1) is 29.1 Å². The lowest BCUT2D eigenvalue weighted by atomic mass is 10.1. The van der Waals surface area contributed by atoms with E-state index >= 15 is 0 Å². The summed E-state index contributed by atoms with van der Waals surface area (Å²) in [5, 5.41) is 12.0. The van der Waals surface area contributed by atoms with Gasteiger partial charge in [0.25, 0.3) is 0 Å². The van der Waals surface area contributed by atoms with Crippen molar-refractivity contribution in [2.24, 2.45) is 0 Å². The molecule has 0 unspecified atom stereocenters. The van der Waals surface area contributed by atoms with Crippen molar-refractivity contribution in [2.75, 3.05) is 11.4 Å². The van der Waals surface area contributed by atoms with Crippen LogP contribution < -0.4 is 10.2 Å². The van der Waals surface area contributed by atoms with Gasteiger partial charge in [0.2, 0.25) is 5.91 Å². The van der Waals surface area contributed by atoms with Gasteiger partial charge in [0, 0.05) is 49.4 Å². The Balaban J connectivity index is 1.29. The van der Waals surface area contributed by atoms with E-state index in [1.54, 1.807) is 11.1 Å². The summed E-state index contributed by atoms with van der Waals surface area (Å²) in [5.74, 6) is 0.790. The molecule has 9 nitrogen and oxygen atoms in total. The van der Waals surface area contributed by atoms with Crippen LogP contribution in [0.3, 0.4) is 0 Å². The molecule has 1 N–H and O–H groups in total. The second kappa shape index (κ2) is 9.17. The molecule has 2 aromatic carbocycles. The predicted octanol–water partition coefficient (Wildman–Crippen LogP) is 4.87. The zero-order valence-electron chi connectivity index (χ0n) is 22.0. The van der Waals surface area contributed by atoms with E-state index in [2.05, 4.69) is 37.8 Å². The van der Waals surface area contributed by atoms with Crippen molar-refractivity contribution in [3.63, 3.8) is 0 Å². The van der Waals surface area contributed by atoms with Gasteiger partial charge in [-0.3, -0.25) is 9.36 Å². The molecule has 6 rings (SSSR count). The fraction of sp³-hybridized carbons (Fsp3) is 0.267. The lowest BCUT2D eigenvalue weighted by Gasteiger charge is -2.22. The summed E-state index contributed by atoms with van der Waals surface area (Å²) in [6, 6.07) is 17.5. The number of benzene rings is 2. The van der Waals surface area contributed by atoms with Crippen LogP contribution in [0.15, 0.2) is 67.1 Å². The molecule has 2 aliphatic heterocycles. The molecule has 4 aromatic rings. The number of carbonyl (C=O) groups excluding carboxylic acids is 2. The lowest BCUT2D eigenvalue weighted by molar-refractivity contribution is -0.117. The second-order valence-corrected chi connectivity index (χ2v) is 10.9. The molecule has 0 aliphatic carbocycles. The van der Waals surface area contributed by atoms with Crippen LogP contribution in [0.4, 0.5) is 10.5 Å². The zero-order chi connectivity index (χ0) is 27.3. The number of carbonyl (C=O) groups is 2. The van der Waals surface area contributed by atoms with Crippen molar-refractivity contribution in [3.05, 3.63) is 78.2 Å². The Kier molecular flexibility index (Phi) is 5.76. The molecule has 196 valence electrons. The standard InChI is InChI=1S/C30H28N6O3/c1-30(2,3)39-29(38)33-23-14-27(37)36(18-23)24-8-9-25-22(12-24)17-34-16-21(20-6-4-19(15-31)5-7-20)13-26(34)28-32-10-11-35(25)28/h4-13,16,23H,14,17-18H2,1-3H3,(H,33,38)/t23-/m0/s1. The quantitative estimate of drug-likeness (QED) is 0.365. The summed E-state index contributed by atoms with van der Waals surface area (Å²) >= 11 is 0. The van der Waals surface area contributed by atoms with Crippen LogP contribution in [0.2, 0.25) is 0 Å². The van der Waals surface area contributed by atoms with Crippen LogP contribution in [0.25, 0.3) is 28.3 Å². The SMILES string of the molecule is CC(C)(C)OC(=O)N[C@H]1CC(=O)N(c2ccc3c(c2)Cn2cc(-c4ccc(C#N)cc4)cc2-c2nccn2-3)C1. The fourth-order valence-corrected chi connectivity index (χ4v) is 5.22. The van der Waals surface area contributed by atoms with E-state index in [0.29, 0.717) is 18.7 Å². The van der Waals surface area contributed by atoms with Crippen LogP contribution >= 0.6 is 0 Å². The summed E-state index contributed by atoms with van der Waals surface area (Å²) in [6.07, 6.45) is 5.53. The number of ether oxygens (including phenoxy) is 1. The van der Waals surface area contributed by atoms with E-state index in [0.717, 1.165) is 39.6 Å². The number of aromatic nitrogens is 3. The highest BCUT2D eigenvalue weighted by Gasteiger charge is 2.33. The first-order chi connectivity index (χ1) is 18.7. The molecule has 2 aromatic heterocycles. The number of nitrogens with one attached hydrogen (secondary N) is 1. The van der Waals surface area contributed by atoms with Gasteiger partial charge in [0.1, 0.15) is 5.60 Å². The van der Waals surface area contributed by atoms with Crippen molar-refractivity contribution >= 4 is 17.7 Å². The fourth-order valence-electron chi connectivity index (χ4n) is 5.22. The maximum Gasteiger partial charge on any atom is 0.407 e. The first-order valence-electron chi connectivity index (χ1n) is 12.9. The van der Waals surface area contributed by atoms with Gasteiger partial charge in [-0.05, 0) is 68.3 Å². The molecule has 4 heterocycles. The number of amides is 2. The first kappa shape index (κ1) is 24.5. The molecule has 2 aliphatic rings. The number of fused-ring (bicyclic) bond motifs is 5. The third-order valence-corrected chi connectivity index (χ3v) is 6.93. The molecule has 1 fully saturated rings.